The van der Waals surface area contributed by atoms with Gasteiger partial charge < -0.3 is 15.5 Å². The fraction of sp³-hybridized carbons (Fsp3) is 0. The number of carbonyl (C=O) groups is 2. The summed E-state index contributed by atoms with van der Waals surface area (Å²) in [6.07, 6.45) is 1.24. The van der Waals surface area contributed by atoms with E-state index in [9.17, 15) is 19.8 Å². The molecule has 0 fully saturated rings. The van der Waals surface area contributed by atoms with Crippen molar-refractivity contribution in [3.63, 3.8) is 0 Å². The summed E-state index contributed by atoms with van der Waals surface area (Å²) in [5.41, 5.74) is 1.68. The van der Waals surface area contributed by atoms with E-state index in [0.717, 1.165) is 5.56 Å². The molecule has 27 heavy (non-hydrogen) atoms. The van der Waals surface area contributed by atoms with E-state index in [0.29, 0.717) is 16.7 Å². The van der Waals surface area contributed by atoms with Gasteiger partial charge in [0.2, 0.25) is 0 Å². The van der Waals surface area contributed by atoms with Crippen LogP contribution in [0.5, 0.6) is 5.75 Å². The number of amides is 1. The van der Waals surface area contributed by atoms with Gasteiger partial charge in [-0.15, -0.1) is 0 Å². The predicted molar refractivity (Wildman–Crippen MR) is 103 cm³/mol. The van der Waals surface area contributed by atoms with Gasteiger partial charge in [-0.3, -0.25) is 4.79 Å². The van der Waals surface area contributed by atoms with Gasteiger partial charge in [0.1, 0.15) is 11.4 Å². The number of rotatable bonds is 5. The molecule has 3 aromatic rings. The first-order valence-electron chi connectivity index (χ1n) is 8.25. The molecule has 0 aromatic heterocycles. The number of nitrogens with one attached hydrogen (secondary N) is 1. The number of phenols is 1. The topological polar surface area (TPSA) is 86.6 Å². The Hall–Kier alpha value is -3.86. The van der Waals surface area contributed by atoms with Crippen molar-refractivity contribution in [3.8, 4) is 16.9 Å². The predicted octanol–water partition coefficient (Wildman–Crippen LogP) is 3.91. The molecule has 0 saturated carbocycles. The van der Waals surface area contributed by atoms with Gasteiger partial charge in [-0.05, 0) is 23.8 Å². The molecule has 0 atom stereocenters. The number of aromatic hydroxyl groups is 1. The smallest absolute Gasteiger partial charge is 0.352 e. The third-order valence-electron chi connectivity index (χ3n) is 3.97. The highest BCUT2D eigenvalue weighted by Crippen LogP contribution is 2.33. The van der Waals surface area contributed by atoms with E-state index in [1.54, 1.807) is 48.5 Å². The number of phenolic OH excluding ortho intramolecular Hbond substituents is 1. The highest BCUT2D eigenvalue weighted by molar-refractivity contribution is 6.03. The van der Waals surface area contributed by atoms with E-state index < -0.39 is 11.9 Å². The number of para-hydroxylation sites is 1. The van der Waals surface area contributed by atoms with Crippen molar-refractivity contribution in [1.82, 2.24) is 5.32 Å². The quantitative estimate of drug-likeness (QED) is 0.603. The Balaban J connectivity index is 1.95. The van der Waals surface area contributed by atoms with Crippen molar-refractivity contribution in [2.24, 2.45) is 0 Å². The van der Waals surface area contributed by atoms with Crippen molar-refractivity contribution < 1.29 is 19.8 Å². The van der Waals surface area contributed by atoms with Crippen LogP contribution in [0.1, 0.15) is 15.9 Å². The molecule has 3 rings (SSSR count). The molecule has 5 nitrogen and oxygen atoms in total. The van der Waals surface area contributed by atoms with E-state index in [1.807, 2.05) is 30.3 Å². The number of hydrogen-bond acceptors (Lipinski definition) is 3. The van der Waals surface area contributed by atoms with Gasteiger partial charge >= 0.3 is 5.97 Å². The van der Waals surface area contributed by atoms with Crippen LogP contribution in [0.25, 0.3) is 17.2 Å². The fourth-order valence-electron chi connectivity index (χ4n) is 2.62. The first-order valence-corrected chi connectivity index (χ1v) is 8.25. The maximum atomic E-state index is 12.2. The van der Waals surface area contributed by atoms with Gasteiger partial charge in [-0.25, -0.2) is 4.79 Å². The lowest BCUT2D eigenvalue weighted by molar-refractivity contribution is -0.132. The lowest BCUT2D eigenvalue weighted by atomic mass is 10.0. The van der Waals surface area contributed by atoms with Crippen LogP contribution in [0.3, 0.4) is 0 Å². The van der Waals surface area contributed by atoms with Crippen LogP contribution in [0.2, 0.25) is 0 Å². The Bertz CT molecular complexity index is 995. The monoisotopic (exact) mass is 359 g/mol. The number of carboxylic acid groups (broad SMARTS) is 1. The summed E-state index contributed by atoms with van der Waals surface area (Å²) in [6.45, 7) is 0. The summed E-state index contributed by atoms with van der Waals surface area (Å²) in [6, 6.07) is 22.6. The highest BCUT2D eigenvalue weighted by Gasteiger charge is 2.15. The SMILES string of the molecule is O=C(O)/C(=C/c1cccc(-c2ccccc2)c1O)NC(=O)c1ccccc1. The van der Waals surface area contributed by atoms with Crippen molar-refractivity contribution in [3.05, 3.63) is 95.7 Å². The van der Waals surface area contributed by atoms with Gasteiger partial charge in [0.05, 0.1) is 0 Å². The van der Waals surface area contributed by atoms with Gasteiger partial charge in [0.25, 0.3) is 5.91 Å². The van der Waals surface area contributed by atoms with Crippen LogP contribution in [-0.4, -0.2) is 22.1 Å². The van der Waals surface area contributed by atoms with Crippen LogP contribution < -0.4 is 5.32 Å². The molecule has 0 unspecified atom stereocenters. The zero-order chi connectivity index (χ0) is 19.2. The summed E-state index contributed by atoms with van der Waals surface area (Å²) >= 11 is 0. The number of carbonyl (C=O) groups excluding carboxylic acids is 1. The minimum absolute atomic E-state index is 0.0589. The van der Waals surface area contributed by atoms with Crippen LogP contribution >= 0.6 is 0 Å². The van der Waals surface area contributed by atoms with Crippen LogP contribution in [0, 0.1) is 0 Å². The van der Waals surface area contributed by atoms with Crippen molar-refractivity contribution in [2.75, 3.05) is 0 Å². The second-order valence-electron chi connectivity index (χ2n) is 5.79. The molecular formula is C22H17NO4. The Morgan fingerprint density at radius 2 is 1.44 bits per heavy atom. The normalized spacial score (nSPS) is 11.0. The van der Waals surface area contributed by atoms with Crippen LogP contribution in [0.4, 0.5) is 0 Å². The molecule has 3 aromatic carbocycles. The molecule has 5 heteroatoms. The summed E-state index contributed by atoms with van der Waals surface area (Å²) in [5.74, 6) is -1.90. The Morgan fingerprint density at radius 3 is 2.07 bits per heavy atom. The molecule has 134 valence electrons. The molecule has 0 spiro atoms. The number of aliphatic carboxylic acids is 1. The largest absolute Gasteiger partial charge is 0.507 e. The number of carboxylic acids is 1. The molecular weight excluding hydrogens is 342 g/mol. The fourth-order valence-corrected chi connectivity index (χ4v) is 2.62. The molecule has 3 N–H and O–H groups in total. The molecule has 1 amide bonds. The number of hydrogen-bond donors (Lipinski definition) is 3. The van der Waals surface area contributed by atoms with E-state index >= 15 is 0 Å². The van der Waals surface area contributed by atoms with Crippen LogP contribution in [-0.2, 0) is 4.79 Å². The first-order chi connectivity index (χ1) is 13.1. The first kappa shape index (κ1) is 17.9. The van der Waals surface area contributed by atoms with Gasteiger partial charge in [-0.2, -0.15) is 0 Å². The number of benzene rings is 3. The average molecular weight is 359 g/mol. The molecule has 0 aliphatic carbocycles. The maximum Gasteiger partial charge on any atom is 0.352 e. The second-order valence-corrected chi connectivity index (χ2v) is 5.79. The molecule has 0 saturated heterocycles. The standard InChI is InChI=1S/C22H17NO4/c24-20-17(12-7-13-18(20)15-8-3-1-4-9-15)14-19(22(26)27)23-21(25)16-10-5-2-6-11-16/h1-14,24H,(H,23,25)(H,26,27)/b19-14-. The molecule has 0 heterocycles. The summed E-state index contributed by atoms with van der Waals surface area (Å²) in [5, 5.41) is 22.4. The van der Waals surface area contributed by atoms with Crippen molar-refractivity contribution in [2.45, 2.75) is 0 Å². The zero-order valence-corrected chi connectivity index (χ0v) is 14.3. The minimum atomic E-state index is -1.30. The molecule has 0 bridgehead atoms. The van der Waals surface area contributed by atoms with E-state index in [4.69, 9.17) is 0 Å². The Labute approximate surface area is 156 Å². The summed E-state index contributed by atoms with van der Waals surface area (Å²) in [4.78, 5) is 23.8. The lowest BCUT2D eigenvalue weighted by Gasteiger charge is -2.10. The Kier molecular flexibility index (Phi) is 5.33. The van der Waals surface area contributed by atoms with Gasteiger partial charge in [-0.1, -0.05) is 66.7 Å². The molecule has 0 radical (unpaired) electrons. The zero-order valence-electron chi connectivity index (χ0n) is 14.3. The van der Waals surface area contributed by atoms with Crippen molar-refractivity contribution >= 4 is 18.0 Å². The summed E-state index contributed by atoms with van der Waals surface area (Å²) in [7, 11) is 0. The van der Waals surface area contributed by atoms with Crippen molar-refractivity contribution in [1.29, 1.82) is 0 Å². The summed E-state index contributed by atoms with van der Waals surface area (Å²) < 4.78 is 0. The second kappa shape index (κ2) is 8.01. The minimum Gasteiger partial charge on any atom is -0.507 e. The van der Waals surface area contributed by atoms with Gasteiger partial charge in [0.15, 0.2) is 0 Å². The highest BCUT2D eigenvalue weighted by atomic mass is 16.4. The Morgan fingerprint density at radius 1 is 0.815 bits per heavy atom. The van der Waals surface area contributed by atoms with E-state index in [1.165, 1.54) is 6.08 Å². The van der Waals surface area contributed by atoms with E-state index in [2.05, 4.69) is 5.32 Å². The molecule has 0 aliphatic rings. The third kappa shape index (κ3) is 4.22. The average Bonchev–Trinajstić information content (AvgIpc) is 2.70. The van der Waals surface area contributed by atoms with Crippen LogP contribution in [0.15, 0.2) is 84.6 Å². The third-order valence-corrected chi connectivity index (χ3v) is 3.97. The molecule has 0 aliphatic heterocycles. The maximum absolute atomic E-state index is 12.2. The van der Waals surface area contributed by atoms with Gasteiger partial charge in [0, 0.05) is 16.7 Å². The van der Waals surface area contributed by atoms with E-state index in [-0.39, 0.29) is 11.4 Å². The lowest BCUT2D eigenvalue weighted by Crippen LogP contribution is -2.27.